The fourth-order valence-corrected chi connectivity index (χ4v) is 1.89. The van der Waals surface area contributed by atoms with Crippen LogP contribution in [0.2, 0.25) is 0 Å². The fraction of sp³-hybridized carbons (Fsp3) is 0.571. The van der Waals surface area contributed by atoms with Crippen LogP contribution in [0.5, 0.6) is 0 Å². The van der Waals surface area contributed by atoms with E-state index in [2.05, 4.69) is 4.98 Å². The molecule has 0 aliphatic heterocycles. The van der Waals surface area contributed by atoms with E-state index in [-0.39, 0.29) is 11.9 Å². The van der Waals surface area contributed by atoms with Gasteiger partial charge in [-0.15, -0.1) is 0 Å². The fourth-order valence-electron chi connectivity index (χ4n) is 1.89. The third kappa shape index (κ3) is 4.61. The first-order valence-corrected chi connectivity index (χ1v) is 6.49. The van der Waals surface area contributed by atoms with Crippen LogP contribution in [0.25, 0.3) is 0 Å². The smallest absolute Gasteiger partial charge is 0.239 e. The maximum Gasteiger partial charge on any atom is 0.239 e. The van der Waals surface area contributed by atoms with Gasteiger partial charge in [0.1, 0.15) is 0 Å². The Balaban J connectivity index is 2.56. The quantitative estimate of drug-likeness (QED) is 0.756. The number of carbonyl (C=O) groups is 1. The number of nitrogens with two attached hydrogens (primary N) is 1. The highest BCUT2D eigenvalue weighted by molar-refractivity contribution is 5.81. The van der Waals surface area contributed by atoms with Gasteiger partial charge in [0.25, 0.3) is 0 Å². The van der Waals surface area contributed by atoms with E-state index >= 15 is 0 Å². The molecule has 1 rings (SSSR count). The minimum atomic E-state index is -0.468. The van der Waals surface area contributed by atoms with Crippen molar-refractivity contribution in [3.05, 3.63) is 30.1 Å². The summed E-state index contributed by atoms with van der Waals surface area (Å²) in [6.07, 6.45) is 4.88. The Morgan fingerprint density at radius 3 is 2.68 bits per heavy atom. The molecular formula is C14H23N3O2. The minimum absolute atomic E-state index is 0.0102. The summed E-state index contributed by atoms with van der Waals surface area (Å²) in [6.45, 7) is 2.61. The summed E-state index contributed by atoms with van der Waals surface area (Å²) in [6, 6.07) is 3.34. The molecule has 2 unspecified atom stereocenters. The first kappa shape index (κ1) is 15.6. The zero-order valence-electron chi connectivity index (χ0n) is 11.9. The van der Waals surface area contributed by atoms with Crippen molar-refractivity contribution in [3.8, 4) is 0 Å². The molecule has 1 heterocycles. The van der Waals surface area contributed by atoms with Crippen molar-refractivity contribution < 1.29 is 9.53 Å². The topological polar surface area (TPSA) is 68.5 Å². The number of nitrogens with zero attached hydrogens (tertiary/aromatic N) is 2. The number of rotatable bonds is 7. The van der Waals surface area contributed by atoms with E-state index in [0.717, 1.165) is 12.0 Å². The summed E-state index contributed by atoms with van der Waals surface area (Å²) < 4.78 is 4.96. The molecule has 2 N–H and O–H groups in total. The monoisotopic (exact) mass is 265 g/mol. The number of pyridine rings is 1. The van der Waals surface area contributed by atoms with Crippen molar-refractivity contribution in [2.24, 2.45) is 5.73 Å². The molecule has 1 amide bonds. The Labute approximate surface area is 114 Å². The van der Waals surface area contributed by atoms with Gasteiger partial charge in [-0.25, -0.2) is 0 Å². The summed E-state index contributed by atoms with van der Waals surface area (Å²) in [4.78, 5) is 17.9. The van der Waals surface area contributed by atoms with Gasteiger partial charge < -0.3 is 15.4 Å². The van der Waals surface area contributed by atoms with Crippen molar-refractivity contribution >= 4 is 5.91 Å². The normalized spacial score (nSPS) is 13.9. The van der Waals surface area contributed by atoms with E-state index < -0.39 is 6.04 Å². The number of carbonyl (C=O) groups excluding carboxylic acids is 1. The predicted molar refractivity (Wildman–Crippen MR) is 74.5 cm³/mol. The Morgan fingerprint density at radius 2 is 2.11 bits per heavy atom. The van der Waals surface area contributed by atoms with E-state index in [1.165, 1.54) is 0 Å². The molecule has 0 bridgehead atoms. The number of likely N-dealkylation sites (N-methyl/N-ethyl adjacent to an activating group) is 1. The van der Waals surface area contributed by atoms with Crippen LogP contribution >= 0.6 is 0 Å². The third-order valence-corrected chi connectivity index (χ3v) is 3.30. The van der Waals surface area contributed by atoms with Gasteiger partial charge in [-0.05, 0) is 37.5 Å². The molecule has 5 heteroatoms. The zero-order valence-corrected chi connectivity index (χ0v) is 11.9. The Bertz CT molecular complexity index is 384. The average molecular weight is 265 g/mol. The molecule has 106 valence electrons. The minimum Gasteiger partial charge on any atom is -0.385 e. The van der Waals surface area contributed by atoms with Crippen LogP contribution in [0.4, 0.5) is 0 Å². The van der Waals surface area contributed by atoms with Crippen molar-refractivity contribution in [1.29, 1.82) is 0 Å². The first-order valence-electron chi connectivity index (χ1n) is 6.49. The largest absolute Gasteiger partial charge is 0.385 e. The molecule has 0 aliphatic rings. The molecule has 5 nitrogen and oxygen atoms in total. The van der Waals surface area contributed by atoms with Crippen LogP contribution in [0, 0.1) is 0 Å². The number of hydrogen-bond acceptors (Lipinski definition) is 4. The van der Waals surface area contributed by atoms with Gasteiger partial charge in [0.05, 0.1) is 12.1 Å². The lowest BCUT2D eigenvalue weighted by molar-refractivity contribution is -0.133. The van der Waals surface area contributed by atoms with Crippen molar-refractivity contribution in [2.75, 3.05) is 20.8 Å². The highest BCUT2D eigenvalue weighted by Crippen LogP contribution is 2.18. The van der Waals surface area contributed by atoms with Crippen molar-refractivity contribution in [1.82, 2.24) is 9.88 Å². The number of aromatic nitrogens is 1. The highest BCUT2D eigenvalue weighted by atomic mass is 16.5. The third-order valence-electron chi connectivity index (χ3n) is 3.30. The van der Waals surface area contributed by atoms with E-state index in [4.69, 9.17) is 10.5 Å². The molecule has 1 aromatic heterocycles. The molecule has 0 spiro atoms. The molecule has 1 aromatic rings. The summed E-state index contributed by atoms with van der Waals surface area (Å²) in [5.74, 6) is -0.0413. The standard InChI is InChI=1S/C14H23N3O2/c1-11(12-6-8-16-9-7-12)17(2)14(18)13(15)5-4-10-19-3/h6-9,11,13H,4-5,10,15H2,1-3H3. The molecule has 2 atom stereocenters. The molecule has 0 saturated carbocycles. The SMILES string of the molecule is COCCCC(N)C(=O)N(C)C(C)c1ccncc1. The van der Waals surface area contributed by atoms with E-state index in [1.54, 1.807) is 31.5 Å². The van der Waals surface area contributed by atoms with Crippen LogP contribution in [-0.4, -0.2) is 42.6 Å². The second kappa shape index (κ2) is 7.86. The molecular weight excluding hydrogens is 242 g/mol. The summed E-state index contributed by atoms with van der Waals surface area (Å²) >= 11 is 0. The molecule has 19 heavy (non-hydrogen) atoms. The van der Waals surface area contributed by atoms with Crippen LogP contribution in [0.15, 0.2) is 24.5 Å². The summed E-state index contributed by atoms with van der Waals surface area (Å²) in [5.41, 5.74) is 6.97. The number of methoxy groups -OCH3 is 1. The maximum atomic E-state index is 12.2. The summed E-state index contributed by atoms with van der Waals surface area (Å²) in [5, 5.41) is 0. The van der Waals surface area contributed by atoms with Gasteiger partial charge >= 0.3 is 0 Å². The molecule has 0 fully saturated rings. The van der Waals surface area contributed by atoms with Crippen LogP contribution in [0.1, 0.15) is 31.4 Å². The molecule has 0 radical (unpaired) electrons. The van der Waals surface area contributed by atoms with Gasteiger partial charge in [0, 0.05) is 33.2 Å². The Kier molecular flexibility index (Phi) is 6.45. The number of hydrogen-bond donors (Lipinski definition) is 1. The maximum absolute atomic E-state index is 12.2. The zero-order chi connectivity index (χ0) is 14.3. The first-order chi connectivity index (χ1) is 9.07. The second-order valence-electron chi connectivity index (χ2n) is 4.65. The Morgan fingerprint density at radius 1 is 1.47 bits per heavy atom. The van der Waals surface area contributed by atoms with Crippen LogP contribution in [-0.2, 0) is 9.53 Å². The van der Waals surface area contributed by atoms with Gasteiger partial charge in [-0.2, -0.15) is 0 Å². The van der Waals surface area contributed by atoms with Crippen LogP contribution < -0.4 is 5.73 Å². The van der Waals surface area contributed by atoms with Gasteiger partial charge in [-0.1, -0.05) is 0 Å². The van der Waals surface area contributed by atoms with Crippen molar-refractivity contribution in [3.63, 3.8) is 0 Å². The van der Waals surface area contributed by atoms with Crippen molar-refractivity contribution in [2.45, 2.75) is 31.8 Å². The number of ether oxygens (including phenoxy) is 1. The summed E-state index contributed by atoms with van der Waals surface area (Å²) in [7, 11) is 3.43. The average Bonchev–Trinajstić information content (AvgIpc) is 2.46. The highest BCUT2D eigenvalue weighted by Gasteiger charge is 2.22. The van der Waals surface area contributed by atoms with E-state index in [0.29, 0.717) is 13.0 Å². The van der Waals surface area contributed by atoms with E-state index in [1.807, 2.05) is 19.1 Å². The Hall–Kier alpha value is -1.46. The lowest BCUT2D eigenvalue weighted by Gasteiger charge is -2.27. The van der Waals surface area contributed by atoms with Crippen LogP contribution in [0.3, 0.4) is 0 Å². The lowest BCUT2D eigenvalue weighted by atomic mass is 10.1. The predicted octanol–water partition coefficient (Wildman–Crippen LogP) is 1.35. The van der Waals surface area contributed by atoms with Gasteiger partial charge in [-0.3, -0.25) is 9.78 Å². The lowest BCUT2D eigenvalue weighted by Crippen LogP contribution is -2.42. The van der Waals surface area contributed by atoms with Gasteiger partial charge in [0.2, 0.25) is 5.91 Å². The molecule has 0 aliphatic carbocycles. The number of amides is 1. The molecule has 0 aromatic carbocycles. The second-order valence-corrected chi connectivity index (χ2v) is 4.65. The van der Waals surface area contributed by atoms with Gasteiger partial charge in [0.15, 0.2) is 0 Å². The molecule has 0 saturated heterocycles. The van der Waals surface area contributed by atoms with E-state index in [9.17, 15) is 4.79 Å².